The number of amides is 1. The molecule has 3 saturated carbocycles. The number of methoxy groups -OCH3 is 1. The summed E-state index contributed by atoms with van der Waals surface area (Å²) in [5.41, 5.74) is 0.915. The van der Waals surface area contributed by atoms with Crippen LogP contribution in [0, 0.1) is 39.9 Å². The van der Waals surface area contributed by atoms with Crippen LogP contribution in [0.5, 0.6) is 0 Å². The van der Waals surface area contributed by atoms with Crippen LogP contribution in [0.1, 0.15) is 85.5 Å². The predicted octanol–water partition coefficient (Wildman–Crippen LogP) is 4.71. The minimum Gasteiger partial charge on any atom is -0.469 e. The third kappa shape index (κ3) is 2.92. The van der Waals surface area contributed by atoms with E-state index >= 15 is 0 Å². The van der Waals surface area contributed by atoms with E-state index in [4.69, 9.17) is 4.74 Å². The molecule has 1 heterocycles. The van der Waals surface area contributed by atoms with Crippen LogP contribution in [0.25, 0.3) is 0 Å². The highest BCUT2D eigenvalue weighted by molar-refractivity contribution is 5.77. The van der Waals surface area contributed by atoms with E-state index in [0.717, 1.165) is 37.0 Å². The van der Waals surface area contributed by atoms with E-state index in [1.165, 1.54) is 32.8 Å². The molecule has 1 saturated heterocycles. The van der Waals surface area contributed by atoms with Gasteiger partial charge in [0.1, 0.15) is 0 Å². The quantitative estimate of drug-likeness (QED) is 0.711. The molecule has 1 unspecified atom stereocenters. The summed E-state index contributed by atoms with van der Waals surface area (Å²) in [6, 6.07) is 0.374. The number of carbonyl (C=O) groups is 2. The average molecular weight is 390 g/mol. The maximum Gasteiger partial charge on any atom is 0.305 e. The first-order chi connectivity index (χ1) is 13.1. The van der Waals surface area contributed by atoms with Crippen molar-refractivity contribution in [2.45, 2.75) is 91.5 Å². The molecule has 4 heteroatoms. The van der Waals surface area contributed by atoms with Crippen LogP contribution < -0.4 is 5.32 Å². The van der Waals surface area contributed by atoms with Gasteiger partial charge in [0.2, 0.25) is 5.91 Å². The van der Waals surface area contributed by atoms with Crippen LogP contribution in [-0.4, -0.2) is 25.0 Å². The van der Waals surface area contributed by atoms with Gasteiger partial charge in [-0.25, -0.2) is 0 Å². The van der Waals surface area contributed by atoms with E-state index < -0.39 is 0 Å². The van der Waals surface area contributed by atoms with Gasteiger partial charge in [-0.15, -0.1) is 0 Å². The number of ether oxygens (including phenoxy) is 1. The van der Waals surface area contributed by atoms with Crippen molar-refractivity contribution >= 4 is 11.9 Å². The normalized spacial score (nSPS) is 46.8. The van der Waals surface area contributed by atoms with Crippen LogP contribution in [-0.2, 0) is 14.3 Å². The van der Waals surface area contributed by atoms with E-state index in [-0.39, 0.29) is 17.3 Å². The Hall–Kier alpha value is -1.06. The van der Waals surface area contributed by atoms with Crippen molar-refractivity contribution in [1.82, 2.24) is 5.32 Å². The van der Waals surface area contributed by atoms with E-state index in [2.05, 4.69) is 33.0 Å². The SMILES string of the molecule is COC(=O)CC[C@H]1CC(C)(C)[C@H]2[C@@H]3CCC4NC(=O)CC[C@]4(C)[C@H]3CC[C@]12C. The summed E-state index contributed by atoms with van der Waals surface area (Å²) in [7, 11) is 1.50. The molecule has 4 fully saturated rings. The number of hydrogen-bond donors (Lipinski definition) is 1. The third-order valence-electron chi connectivity index (χ3n) is 9.78. The zero-order valence-corrected chi connectivity index (χ0v) is 18.5. The Morgan fingerprint density at radius 3 is 2.57 bits per heavy atom. The predicted molar refractivity (Wildman–Crippen MR) is 109 cm³/mol. The van der Waals surface area contributed by atoms with Crippen LogP contribution in [0.2, 0.25) is 0 Å². The summed E-state index contributed by atoms with van der Waals surface area (Å²) in [4.78, 5) is 23.8. The largest absolute Gasteiger partial charge is 0.469 e. The van der Waals surface area contributed by atoms with Gasteiger partial charge in [-0.05, 0) is 84.9 Å². The van der Waals surface area contributed by atoms with Crippen LogP contribution >= 0.6 is 0 Å². The van der Waals surface area contributed by atoms with Crippen molar-refractivity contribution < 1.29 is 14.3 Å². The van der Waals surface area contributed by atoms with Gasteiger partial charge in [-0.1, -0.05) is 27.7 Å². The molecule has 0 aromatic rings. The molecule has 7 atom stereocenters. The lowest BCUT2D eigenvalue weighted by Crippen LogP contribution is -2.61. The number of esters is 1. The first kappa shape index (κ1) is 20.2. The molecule has 1 aliphatic heterocycles. The van der Waals surface area contributed by atoms with Crippen LogP contribution in [0.4, 0.5) is 0 Å². The van der Waals surface area contributed by atoms with Gasteiger partial charge < -0.3 is 10.1 Å². The zero-order valence-electron chi connectivity index (χ0n) is 18.5. The Labute approximate surface area is 170 Å². The Balaban J connectivity index is 1.60. The monoisotopic (exact) mass is 389 g/mol. The minimum absolute atomic E-state index is 0.0653. The topological polar surface area (TPSA) is 55.4 Å². The summed E-state index contributed by atoms with van der Waals surface area (Å²) in [6.07, 6.45) is 9.44. The van der Waals surface area contributed by atoms with E-state index in [1.54, 1.807) is 0 Å². The van der Waals surface area contributed by atoms with Crippen molar-refractivity contribution in [1.29, 1.82) is 0 Å². The second-order valence-electron chi connectivity index (χ2n) is 11.5. The molecule has 0 aromatic heterocycles. The molecule has 0 aromatic carbocycles. The third-order valence-corrected chi connectivity index (χ3v) is 9.78. The smallest absolute Gasteiger partial charge is 0.305 e. The van der Waals surface area contributed by atoms with Gasteiger partial charge in [-0.2, -0.15) is 0 Å². The number of piperidine rings is 1. The Kier molecular flexibility index (Phi) is 4.87. The number of rotatable bonds is 3. The highest BCUT2D eigenvalue weighted by atomic mass is 16.5. The van der Waals surface area contributed by atoms with Crippen LogP contribution in [0.15, 0.2) is 0 Å². The average Bonchev–Trinajstić information content (AvgIpc) is 2.85. The van der Waals surface area contributed by atoms with Gasteiger partial charge in [0.15, 0.2) is 0 Å². The van der Waals surface area contributed by atoms with E-state index in [1.807, 2.05) is 0 Å². The molecule has 0 radical (unpaired) electrons. The first-order valence-corrected chi connectivity index (χ1v) is 11.5. The van der Waals surface area contributed by atoms with Gasteiger partial charge in [0.25, 0.3) is 0 Å². The van der Waals surface area contributed by atoms with Crippen molar-refractivity contribution in [2.24, 2.45) is 39.9 Å². The molecular formula is C24H39NO3. The summed E-state index contributed by atoms with van der Waals surface area (Å²) in [5.74, 6) is 3.01. The molecule has 4 nitrogen and oxygen atoms in total. The molecular weight excluding hydrogens is 350 g/mol. The lowest BCUT2D eigenvalue weighted by atomic mass is 9.45. The standard InChI is InChI=1S/C24H39NO3/c1-22(2)14-15(6-9-20(27)28-5)23(3)12-10-17-16(21(22)23)7-8-18-24(17,4)13-11-19(26)25-18/h15-18,21H,6-14H2,1-5H3,(H,25,26)/t15-,16+,17-,18?,21+,23+,24+/m0/s1. The second kappa shape index (κ2) is 6.74. The minimum atomic E-state index is -0.0653. The van der Waals surface area contributed by atoms with Crippen molar-refractivity contribution in [2.75, 3.05) is 7.11 Å². The van der Waals surface area contributed by atoms with Crippen molar-refractivity contribution in [3.05, 3.63) is 0 Å². The summed E-state index contributed by atoms with van der Waals surface area (Å²) >= 11 is 0. The van der Waals surface area contributed by atoms with E-state index in [9.17, 15) is 9.59 Å². The summed E-state index contributed by atoms with van der Waals surface area (Å²) in [6.45, 7) is 9.95. The second-order valence-corrected chi connectivity index (χ2v) is 11.5. The molecule has 28 heavy (non-hydrogen) atoms. The van der Waals surface area contributed by atoms with Crippen molar-refractivity contribution in [3.8, 4) is 0 Å². The van der Waals surface area contributed by atoms with Crippen molar-refractivity contribution in [3.63, 3.8) is 0 Å². The molecule has 0 spiro atoms. The fourth-order valence-electron chi connectivity index (χ4n) is 8.69. The Morgan fingerprint density at radius 1 is 1.11 bits per heavy atom. The van der Waals surface area contributed by atoms with Crippen LogP contribution in [0.3, 0.4) is 0 Å². The maximum atomic E-state index is 12.0. The lowest BCUT2D eigenvalue weighted by Gasteiger charge is -2.61. The molecule has 4 aliphatic rings. The highest BCUT2D eigenvalue weighted by Crippen LogP contribution is 2.70. The fraction of sp³-hybridized carbons (Fsp3) is 0.917. The molecule has 4 rings (SSSR count). The Morgan fingerprint density at radius 2 is 1.86 bits per heavy atom. The Bertz CT molecular complexity index is 658. The highest BCUT2D eigenvalue weighted by Gasteiger charge is 2.64. The maximum absolute atomic E-state index is 12.0. The zero-order chi connectivity index (χ0) is 20.3. The number of nitrogens with one attached hydrogen (secondary N) is 1. The first-order valence-electron chi connectivity index (χ1n) is 11.5. The number of carbonyl (C=O) groups excluding carboxylic acids is 2. The van der Waals surface area contributed by atoms with Gasteiger partial charge in [0.05, 0.1) is 7.11 Å². The van der Waals surface area contributed by atoms with Gasteiger partial charge in [-0.3, -0.25) is 9.59 Å². The number of hydrogen-bond acceptors (Lipinski definition) is 3. The fourth-order valence-corrected chi connectivity index (χ4v) is 8.69. The molecule has 1 amide bonds. The van der Waals surface area contributed by atoms with Gasteiger partial charge in [0, 0.05) is 18.9 Å². The molecule has 158 valence electrons. The molecule has 1 N–H and O–H groups in total. The number of fused-ring (bicyclic) bond motifs is 5. The van der Waals surface area contributed by atoms with Gasteiger partial charge >= 0.3 is 5.97 Å². The molecule has 0 bridgehead atoms. The summed E-state index contributed by atoms with van der Waals surface area (Å²) < 4.78 is 4.92. The lowest BCUT2D eigenvalue weighted by molar-refractivity contribution is -0.144. The van der Waals surface area contributed by atoms with E-state index in [0.29, 0.717) is 35.6 Å². The molecule has 3 aliphatic carbocycles. The summed E-state index contributed by atoms with van der Waals surface area (Å²) in [5, 5.41) is 3.34.